The Morgan fingerprint density at radius 2 is 2.00 bits per heavy atom. The van der Waals surface area contributed by atoms with Gasteiger partial charge in [-0.1, -0.05) is 25.3 Å². The summed E-state index contributed by atoms with van der Waals surface area (Å²) in [5.41, 5.74) is 7.41. The van der Waals surface area contributed by atoms with Gasteiger partial charge < -0.3 is 15.8 Å². The lowest BCUT2D eigenvalue weighted by Gasteiger charge is -2.22. The number of nitrogens with one attached hydrogen (secondary N) is 1. The van der Waals surface area contributed by atoms with Gasteiger partial charge in [-0.2, -0.15) is 0 Å². The maximum absolute atomic E-state index is 12.2. The third-order valence-corrected chi connectivity index (χ3v) is 5.77. The number of aryl methyl sites for hydroxylation is 1. The molecule has 1 atom stereocenters. The summed E-state index contributed by atoms with van der Waals surface area (Å²) in [5.74, 6) is 0.866. The number of carbonyl (C=O) groups is 1. The minimum absolute atomic E-state index is 0.0988. The van der Waals surface area contributed by atoms with Crippen LogP contribution >= 0.6 is 0 Å². The molecule has 146 valence electrons. The second kappa shape index (κ2) is 9.37. The Labute approximate surface area is 156 Å². The summed E-state index contributed by atoms with van der Waals surface area (Å²) in [7, 11) is -3.14. The van der Waals surface area contributed by atoms with Crippen LogP contribution in [0.25, 0.3) is 0 Å². The average Bonchev–Trinajstić information content (AvgIpc) is 2.60. The van der Waals surface area contributed by atoms with Crippen LogP contribution in [0.2, 0.25) is 0 Å². The zero-order chi connectivity index (χ0) is 19.2. The van der Waals surface area contributed by atoms with Crippen molar-refractivity contribution in [2.45, 2.75) is 51.5 Å². The molecule has 1 fully saturated rings. The Balaban J connectivity index is 1.91. The molecule has 26 heavy (non-hydrogen) atoms. The molecular formula is C19H30N2O4S. The van der Waals surface area contributed by atoms with E-state index in [0.717, 1.165) is 17.6 Å². The van der Waals surface area contributed by atoms with Crippen LogP contribution in [-0.2, 0) is 14.6 Å². The van der Waals surface area contributed by atoms with Crippen molar-refractivity contribution < 1.29 is 17.9 Å². The van der Waals surface area contributed by atoms with E-state index in [4.69, 9.17) is 10.5 Å². The van der Waals surface area contributed by atoms with E-state index in [1.54, 1.807) is 12.1 Å². The molecule has 1 aromatic rings. The molecule has 0 heterocycles. The Hall–Kier alpha value is -1.60. The van der Waals surface area contributed by atoms with E-state index in [2.05, 4.69) is 5.32 Å². The molecular weight excluding hydrogens is 352 g/mol. The molecule has 0 radical (unpaired) electrons. The monoisotopic (exact) mass is 382 g/mol. The first-order valence-corrected chi connectivity index (χ1v) is 11.3. The van der Waals surface area contributed by atoms with E-state index < -0.39 is 21.8 Å². The van der Waals surface area contributed by atoms with E-state index in [-0.39, 0.29) is 12.2 Å². The summed E-state index contributed by atoms with van der Waals surface area (Å²) in [6, 6.07) is 4.63. The number of hydrogen-bond donors (Lipinski definition) is 2. The van der Waals surface area contributed by atoms with Gasteiger partial charge in [-0.05, 0) is 43.7 Å². The third-order valence-electron chi connectivity index (χ3n) is 4.79. The zero-order valence-electron chi connectivity index (χ0n) is 15.7. The fourth-order valence-corrected chi connectivity index (χ4v) is 3.78. The first-order chi connectivity index (χ1) is 12.2. The van der Waals surface area contributed by atoms with Crippen LogP contribution in [0.5, 0.6) is 5.75 Å². The molecule has 1 amide bonds. The zero-order valence-corrected chi connectivity index (χ0v) is 16.5. The number of benzene rings is 1. The van der Waals surface area contributed by atoms with Crippen LogP contribution in [-0.4, -0.2) is 39.0 Å². The molecule has 1 aliphatic rings. The van der Waals surface area contributed by atoms with Gasteiger partial charge in [0.2, 0.25) is 5.91 Å². The van der Waals surface area contributed by atoms with Crippen molar-refractivity contribution in [3.05, 3.63) is 23.8 Å². The van der Waals surface area contributed by atoms with Gasteiger partial charge in [0.15, 0.2) is 0 Å². The first kappa shape index (κ1) is 20.7. The van der Waals surface area contributed by atoms with Crippen molar-refractivity contribution in [2.24, 2.45) is 11.7 Å². The smallest absolute Gasteiger partial charge is 0.241 e. The maximum Gasteiger partial charge on any atom is 0.241 e. The Bertz CT molecular complexity index is 712. The van der Waals surface area contributed by atoms with Crippen molar-refractivity contribution >= 4 is 21.4 Å². The SMILES string of the molecule is Cc1ccc(NC(=O)C(N)CCS(C)(=O)=O)cc1OCC1CCCCC1. The van der Waals surface area contributed by atoms with E-state index >= 15 is 0 Å². The molecule has 7 heteroatoms. The standard InChI is InChI=1S/C19H30N2O4S/c1-14-8-9-16(21-19(22)17(20)10-11-26(2,23)24)12-18(14)25-13-15-6-4-3-5-7-15/h8-9,12,15,17H,3-7,10-11,13,20H2,1-2H3,(H,21,22). The summed E-state index contributed by atoms with van der Waals surface area (Å²) in [6.45, 7) is 2.67. The highest BCUT2D eigenvalue weighted by atomic mass is 32.2. The largest absolute Gasteiger partial charge is 0.493 e. The van der Waals surface area contributed by atoms with Crippen molar-refractivity contribution in [2.75, 3.05) is 23.9 Å². The number of amides is 1. The summed E-state index contributed by atoms with van der Waals surface area (Å²) < 4.78 is 28.4. The number of ether oxygens (including phenoxy) is 1. The average molecular weight is 383 g/mol. The molecule has 1 aromatic carbocycles. The molecule has 0 aliphatic heterocycles. The highest BCUT2D eigenvalue weighted by Gasteiger charge is 2.17. The highest BCUT2D eigenvalue weighted by Crippen LogP contribution is 2.27. The predicted octanol–water partition coefficient (Wildman–Crippen LogP) is 2.65. The number of sulfone groups is 1. The summed E-state index contributed by atoms with van der Waals surface area (Å²) in [6.07, 6.45) is 7.52. The first-order valence-electron chi connectivity index (χ1n) is 9.22. The van der Waals surface area contributed by atoms with Gasteiger partial charge in [-0.15, -0.1) is 0 Å². The summed E-state index contributed by atoms with van der Waals surface area (Å²) >= 11 is 0. The maximum atomic E-state index is 12.2. The van der Waals surface area contributed by atoms with E-state index in [0.29, 0.717) is 18.2 Å². The summed E-state index contributed by atoms with van der Waals surface area (Å²) in [5, 5.41) is 2.74. The number of hydrogen-bond acceptors (Lipinski definition) is 5. The van der Waals surface area contributed by atoms with Crippen LogP contribution in [0.1, 0.15) is 44.1 Å². The predicted molar refractivity (Wildman–Crippen MR) is 104 cm³/mol. The topological polar surface area (TPSA) is 98.5 Å². The van der Waals surface area contributed by atoms with Crippen LogP contribution in [0.4, 0.5) is 5.69 Å². The molecule has 1 aliphatic carbocycles. The molecule has 0 spiro atoms. The Morgan fingerprint density at radius 1 is 1.31 bits per heavy atom. The van der Waals surface area contributed by atoms with Crippen LogP contribution in [0.3, 0.4) is 0 Å². The molecule has 0 saturated heterocycles. The fraction of sp³-hybridized carbons (Fsp3) is 0.632. The minimum atomic E-state index is -3.14. The van der Waals surface area contributed by atoms with Gasteiger partial charge in [-0.25, -0.2) is 8.42 Å². The molecule has 2 rings (SSSR count). The number of nitrogens with two attached hydrogens (primary N) is 1. The molecule has 1 saturated carbocycles. The van der Waals surface area contributed by atoms with Gasteiger partial charge in [0.05, 0.1) is 18.4 Å². The highest BCUT2D eigenvalue weighted by molar-refractivity contribution is 7.90. The van der Waals surface area contributed by atoms with Gasteiger partial charge in [0, 0.05) is 18.0 Å². The molecule has 3 N–H and O–H groups in total. The van der Waals surface area contributed by atoms with Crippen molar-refractivity contribution in [3.63, 3.8) is 0 Å². The molecule has 0 bridgehead atoms. The van der Waals surface area contributed by atoms with Gasteiger partial charge in [0.1, 0.15) is 15.6 Å². The van der Waals surface area contributed by atoms with Crippen molar-refractivity contribution in [1.29, 1.82) is 0 Å². The van der Waals surface area contributed by atoms with Gasteiger partial charge in [-0.3, -0.25) is 4.79 Å². The lowest BCUT2D eigenvalue weighted by atomic mass is 9.90. The number of rotatable bonds is 8. The lowest BCUT2D eigenvalue weighted by molar-refractivity contribution is -0.117. The van der Waals surface area contributed by atoms with Crippen molar-refractivity contribution in [3.8, 4) is 5.75 Å². The minimum Gasteiger partial charge on any atom is -0.493 e. The Morgan fingerprint density at radius 3 is 2.65 bits per heavy atom. The molecule has 6 nitrogen and oxygen atoms in total. The van der Waals surface area contributed by atoms with Crippen molar-refractivity contribution in [1.82, 2.24) is 0 Å². The molecule has 1 unspecified atom stereocenters. The second-order valence-electron chi connectivity index (χ2n) is 7.31. The molecule has 0 aromatic heterocycles. The Kier molecular flexibility index (Phi) is 7.46. The fourth-order valence-electron chi connectivity index (χ4n) is 3.10. The summed E-state index contributed by atoms with van der Waals surface area (Å²) in [4.78, 5) is 12.2. The van der Waals surface area contributed by atoms with Crippen LogP contribution in [0.15, 0.2) is 18.2 Å². The second-order valence-corrected chi connectivity index (χ2v) is 9.57. The van der Waals surface area contributed by atoms with E-state index in [1.165, 1.54) is 32.1 Å². The third kappa shape index (κ3) is 6.96. The lowest BCUT2D eigenvalue weighted by Crippen LogP contribution is -2.37. The van der Waals surface area contributed by atoms with Crippen LogP contribution < -0.4 is 15.8 Å². The normalized spacial score (nSPS) is 16.9. The van der Waals surface area contributed by atoms with E-state index in [1.807, 2.05) is 13.0 Å². The van der Waals surface area contributed by atoms with Crippen LogP contribution in [0, 0.1) is 12.8 Å². The number of anilines is 1. The van der Waals surface area contributed by atoms with Gasteiger partial charge in [0.25, 0.3) is 0 Å². The van der Waals surface area contributed by atoms with E-state index in [9.17, 15) is 13.2 Å². The number of carbonyl (C=O) groups excluding carboxylic acids is 1. The van der Waals surface area contributed by atoms with Gasteiger partial charge >= 0.3 is 0 Å². The quantitative estimate of drug-likeness (QED) is 0.720.